The number of hydrogen-bond donors (Lipinski definition) is 1. The molecule has 0 aromatic rings. The topological polar surface area (TPSA) is 49.4 Å². The van der Waals surface area contributed by atoms with Crippen LogP contribution in [0, 0.1) is 11.8 Å². The lowest BCUT2D eigenvalue weighted by molar-refractivity contribution is -0.135. The third-order valence-electron chi connectivity index (χ3n) is 5.41. The lowest BCUT2D eigenvalue weighted by Gasteiger charge is -2.33. The van der Waals surface area contributed by atoms with E-state index in [0.717, 1.165) is 38.3 Å². The van der Waals surface area contributed by atoms with Gasteiger partial charge in [0.1, 0.15) is 0 Å². The van der Waals surface area contributed by atoms with Crippen LogP contribution in [0.5, 0.6) is 0 Å². The third kappa shape index (κ3) is 6.15. The first-order valence-electron chi connectivity index (χ1n) is 9.64. The lowest BCUT2D eigenvalue weighted by Crippen LogP contribution is -2.47. The second-order valence-corrected chi connectivity index (χ2v) is 7.72. The molecule has 0 spiro atoms. The van der Waals surface area contributed by atoms with Crippen molar-refractivity contribution in [3.05, 3.63) is 0 Å². The molecular weight excluding hydrogens is 288 g/mol. The molecule has 0 radical (unpaired) electrons. The van der Waals surface area contributed by atoms with Gasteiger partial charge < -0.3 is 10.2 Å². The zero-order valence-electron chi connectivity index (χ0n) is 15.0. The van der Waals surface area contributed by atoms with Gasteiger partial charge >= 0.3 is 0 Å². The minimum absolute atomic E-state index is 0.0703. The molecule has 0 aromatic carbocycles. The summed E-state index contributed by atoms with van der Waals surface area (Å²) in [6.45, 7) is 5.46. The monoisotopic (exact) mass is 322 g/mol. The SMILES string of the molecule is CC(C)C(=O)N1CCC(NC(=O)CCCC2CCCCC2)CC1. The van der Waals surface area contributed by atoms with Gasteiger partial charge in [-0.25, -0.2) is 0 Å². The molecule has 2 rings (SSSR count). The van der Waals surface area contributed by atoms with Crippen LogP contribution in [0.25, 0.3) is 0 Å². The number of carbonyl (C=O) groups is 2. The smallest absolute Gasteiger partial charge is 0.225 e. The van der Waals surface area contributed by atoms with E-state index in [1.165, 1.54) is 38.5 Å². The maximum atomic E-state index is 12.1. The summed E-state index contributed by atoms with van der Waals surface area (Å²) in [5, 5.41) is 3.17. The van der Waals surface area contributed by atoms with Crippen molar-refractivity contribution in [2.45, 2.75) is 84.1 Å². The molecule has 4 nitrogen and oxygen atoms in total. The molecule has 1 heterocycles. The largest absolute Gasteiger partial charge is 0.353 e. The Labute approximate surface area is 141 Å². The average molecular weight is 322 g/mol. The van der Waals surface area contributed by atoms with Gasteiger partial charge in [0.05, 0.1) is 0 Å². The second kappa shape index (κ2) is 9.29. The van der Waals surface area contributed by atoms with E-state index in [2.05, 4.69) is 5.32 Å². The van der Waals surface area contributed by atoms with Crippen LogP contribution < -0.4 is 5.32 Å². The Morgan fingerprint density at radius 3 is 2.30 bits per heavy atom. The Hall–Kier alpha value is -1.06. The van der Waals surface area contributed by atoms with E-state index in [1.54, 1.807) is 0 Å². The van der Waals surface area contributed by atoms with Crippen LogP contribution in [-0.2, 0) is 9.59 Å². The molecule has 2 aliphatic rings. The molecule has 132 valence electrons. The van der Waals surface area contributed by atoms with E-state index in [1.807, 2.05) is 18.7 Å². The van der Waals surface area contributed by atoms with Crippen molar-refractivity contribution in [3.63, 3.8) is 0 Å². The zero-order valence-corrected chi connectivity index (χ0v) is 15.0. The van der Waals surface area contributed by atoms with E-state index in [-0.39, 0.29) is 23.8 Å². The molecule has 0 aromatic heterocycles. The molecule has 23 heavy (non-hydrogen) atoms. The van der Waals surface area contributed by atoms with Crippen molar-refractivity contribution in [2.24, 2.45) is 11.8 Å². The zero-order chi connectivity index (χ0) is 16.7. The number of carbonyl (C=O) groups excluding carboxylic acids is 2. The number of hydrogen-bond acceptors (Lipinski definition) is 2. The van der Waals surface area contributed by atoms with Gasteiger partial charge in [-0.3, -0.25) is 9.59 Å². The van der Waals surface area contributed by atoms with Gasteiger partial charge in [0, 0.05) is 31.5 Å². The van der Waals surface area contributed by atoms with E-state index >= 15 is 0 Å². The van der Waals surface area contributed by atoms with Gasteiger partial charge in [0.25, 0.3) is 0 Å². The van der Waals surface area contributed by atoms with Crippen LogP contribution in [0.3, 0.4) is 0 Å². The maximum Gasteiger partial charge on any atom is 0.225 e. The van der Waals surface area contributed by atoms with Gasteiger partial charge in [-0.1, -0.05) is 46.0 Å². The fourth-order valence-electron chi connectivity index (χ4n) is 3.94. The summed E-state index contributed by atoms with van der Waals surface area (Å²) in [7, 11) is 0. The molecule has 2 amide bonds. The summed E-state index contributed by atoms with van der Waals surface area (Å²) in [5.41, 5.74) is 0. The van der Waals surface area contributed by atoms with E-state index in [9.17, 15) is 9.59 Å². The predicted octanol–water partition coefficient (Wildman–Crippen LogP) is 3.50. The maximum absolute atomic E-state index is 12.1. The summed E-state index contributed by atoms with van der Waals surface area (Å²) in [6.07, 6.45) is 11.6. The molecule has 1 saturated heterocycles. The van der Waals surface area contributed by atoms with Crippen molar-refractivity contribution in [1.29, 1.82) is 0 Å². The molecule has 1 aliphatic heterocycles. The lowest BCUT2D eigenvalue weighted by atomic mass is 9.86. The Kier molecular flexibility index (Phi) is 7.38. The highest BCUT2D eigenvalue weighted by molar-refractivity contribution is 5.78. The molecule has 2 fully saturated rings. The van der Waals surface area contributed by atoms with Crippen molar-refractivity contribution in [2.75, 3.05) is 13.1 Å². The summed E-state index contributed by atoms with van der Waals surface area (Å²) in [4.78, 5) is 26.0. The van der Waals surface area contributed by atoms with Crippen LogP contribution in [0.15, 0.2) is 0 Å². The molecule has 0 atom stereocenters. The van der Waals surface area contributed by atoms with Crippen LogP contribution >= 0.6 is 0 Å². The van der Waals surface area contributed by atoms with Gasteiger partial charge in [-0.15, -0.1) is 0 Å². The normalized spacial score (nSPS) is 20.7. The highest BCUT2D eigenvalue weighted by Gasteiger charge is 2.25. The Morgan fingerprint density at radius 2 is 1.70 bits per heavy atom. The number of piperidine rings is 1. The summed E-state index contributed by atoms with van der Waals surface area (Å²) in [5.74, 6) is 1.37. The highest BCUT2D eigenvalue weighted by Crippen LogP contribution is 2.27. The number of amides is 2. The molecule has 1 saturated carbocycles. The molecule has 1 N–H and O–H groups in total. The number of nitrogens with one attached hydrogen (secondary N) is 1. The molecule has 0 bridgehead atoms. The summed E-state index contributed by atoms with van der Waals surface area (Å²) in [6, 6.07) is 0.258. The first kappa shape index (κ1) is 18.3. The third-order valence-corrected chi connectivity index (χ3v) is 5.41. The quantitative estimate of drug-likeness (QED) is 0.813. The Bertz CT molecular complexity index is 381. The van der Waals surface area contributed by atoms with Crippen LogP contribution in [-0.4, -0.2) is 35.8 Å². The highest BCUT2D eigenvalue weighted by atomic mass is 16.2. The predicted molar refractivity (Wildman–Crippen MR) is 93.0 cm³/mol. The summed E-state index contributed by atoms with van der Waals surface area (Å²) < 4.78 is 0. The van der Waals surface area contributed by atoms with Crippen molar-refractivity contribution < 1.29 is 9.59 Å². The van der Waals surface area contributed by atoms with Gasteiger partial charge in [0.15, 0.2) is 0 Å². The van der Waals surface area contributed by atoms with Gasteiger partial charge in [-0.2, -0.15) is 0 Å². The standard InChI is InChI=1S/C19H34N2O2/c1-15(2)19(23)21-13-11-17(12-14-21)20-18(22)10-6-9-16-7-4-3-5-8-16/h15-17H,3-14H2,1-2H3,(H,20,22). The van der Waals surface area contributed by atoms with E-state index in [0.29, 0.717) is 6.42 Å². The fraction of sp³-hybridized carbons (Fsp3) is 0.895. The van der Waals surface area contributed by atoms with Crippen LogP contribution in [0.4, 0.5) is 0 Å². The minimum atomic E-state index is 0.0703. The van der Waals surface area contributed by atoms with Crippen molar-refractivity contribution in [3.8, 4) is 0 Å². The number of nitrogens with zero attached hydrogens (tertiary/aromatic N) is 1. The fourth-order valence-corrected chi connectivity index (χ4v) is 3.94. The van der Waals surface area contributed by atoms with Crippen molar-refractivity contribution in [1.82, 2.24) is 10.2 Å². The van der Waals surface area contributed by atoms with Crippen molar-refractivity contribution >= 4 is 11.8 Å². The van der Waals surface area contributed by atoms with E-state index in [4.69, 9.17) is 0 Å². The summed E-state index contributed by atoms with van der Waals surface area (Å²) >= 11 is 0. The Balaban J connectivity index is 1.58. The minimum Gasteiger partial charge on any atom is -0.353 e. The van der Waals surface area contributed by atoms with Gasteiger partial charge in [-0.05, 0) is 31.6 Å². The van der Waals surface area contributed by atoms with Crippen LogP contribution in [0.1, 0.15) is 78.1 Å². The average Bonchev–Trinajstić information content (AvgIpc) is 2.56. The molecule has 0 unspecified atom stereocenters. The van der Waals surface area contributed by atoms with Crippen LogP contribution in [0.2, 0.25) is 0 Å². The first-order chi connectivity index (χ1) is 11.1. The number of likely N-dealkylation sites (tertiary alicyclic amines) is 1. The molecule has 1 aliphatic carbocycles. The first-order valence-corrected chi connectivity index (χ1v) is 9.64. The Morgan fingerprint density at radius 1 is 1.04 bits per heavy atom. The van der Waals surface area contributed by atoms with E-state index < -0.39 is 0 Å². The van der Waals surface area contributed by atoms with Gasteiger partial charge in [0.2, 0.25) is 11.8 Å². The molecule has 4 heteroatoms. The molecular formula is C19H34N2O2. The second-order valence-electron chi connectivity index (χ2n) is 7.72. The number of rotatable bonds is 6.